The van der Waals surface area contributed by atoms with Gasteiger partial charge in [-0.2, -0.15) is 0 Å². The number of hydrogen-bond acceptors (Lipinski definition) is 5. The van der Waals surface area contributed by atoms with Gasteiger partial charge in [-0.25, -0.2) is 4.79 Å². The van der Waals surface area contributed by atoms with Gasteiger partial charge in [0, 0.05) is 6.07 Å². The topological polar surface area (TPSA) is 104 Å². The number of para-hydroxylation sites is 4. The molecular weight excluding hydrogens is 376 g/mol. The third kappa shape index (κ3) is 3.68. The summed E-state index contributed by atoms with van der Waals surface area (Å²) in [6.45, 7) is -0.499. The van der Waals surface area contributed by atoms with Crippen LogP contribution in [0.4, 0.5) is 5.69 Å². The second kappa shape index (κ2) is 7.51. The van der Waals surface area contributed by atoms with Crippen LogP contribution in [-0.2, 0) is 16.1 Å². The maximum absolute atomic E-state index is 11.2. The Kier molecular flexibility index (Phi) is 4.74. The summed E-state index contributed by atoms with van der Waals surface area (Å²) in [5, 5.41) is 18.4. The van der Waals surface area contributed by atoms with Crippen LogP contribution in [0.1, 0.15) is 5.89 Å². The maximum atomic E-state index is 11.2. The minimum atomic E-state index is -0.989. The number of carboxylic acids is 2. The number of ether oxygens (including phenoxy) is 1. The molecule has 0 fully saturated rings. The average molecular weight is 393 g/mol. The molecule has 1 aliphatic heterocycles. The first-order valence-electron chi connectivity index (χ1n) is 8.80. The van der Waals surface area contributed by atoms with Crippen molar-refractivity contribution in [1.29, 1.82) is 0 Å². The smallest absolute Gasteiger partial charge is 0.374 e. The molecule has 1 aliphatic rings. The molecule has 4 rings (SSSR count). The summed E-state index contributed by atoms with van der Waals surface area (Å²) in [6.07, 6.45) is 4.86. The minimum Gasteiger partial charge on any atom is -0.480 e. The number of anilines is 1. The van der Waals surface area contributed by atoms with Crippen LogP contribution in [0.2, 0.25) is 0 Å². The number of carbonyl (C=O) groups is 2. The van der Waals surface area contributed by atoms with Gasteiger partial charge < -0.3 is 19.4 Å². The molecule has 0 saturated heterocycles. The fourth-order valence-corrected chi connectivity index (χ4v) is 3.16. The highest BCUT2D eigenvalue weighted by Crippen LogP contribution is 2.38. The lowest BCUT2D eigenvalue weighted by molar-refractivity contribution is -0.666. The van der Waals surface area contributed by atoms with Crippen molar-refractivity contribution in [3.63, 3.8) is 0 Å². The summed E-state index contributed by atoms with van der Waals surface area (Å²) in [6, 6.07) is 14.3. The first-order valence-corrected chi connectivity index (χ1v) is 8.80. The van der Waals surface area contributed by atoms with Crippen molar-refractivity contribution in [3.8, 4) is 5.75 Å². The third-order valence-corrected chi connectivity index (χ3v) is 4.34. The summed E-state index contributed by atoms with van der Waals surface area (Å²) >= 11 is 0. The number of hydrogen-bond donors (Lipinski definition) is 2. The van der Waals surface area contributed by atoms with Crippen molar-refractivity contribution < 1.29 is 33.5 Å². The minimum absolute atomic E-state index is 0.250. The van der Waals surface area contributed by atoms with Gasteiger partial charge in [-0.05, 0) is 30.4 Å². The predicted octanol–water partition coefficient (Wildman–Crippen LogP) is 2.64. The number of rotatable bonds is 6. The average Bonchev–Trinajstić information content (AvgIpc) is 3.20. The van der Waals surface area contributed by atoms with Crippen LogP contribution in [0.5, 0.6) is 5.75 Å². The number of aliphatic carboxylic acids is 2. The van der Waals surface area contributed by atoms with Crippen LogP contribution in [0.15, 0.2) is 71.0 Å². The Morgan fingerprint density at radius 3 is 2.59 bits per heavy atom. The SMILES string of the molecule is O=C(O)CN1C(=CC=Cc2oc3ccccc3[n+]2CC(=O)O)Oc2ccccc21. The molecule has 2 aromatic carbocycles. The zero-order valence-electron chi connectivity index (χ0n) is 15.2. The summed E-state index contributed by atoms with van der Waals surface area (Å²) in [5.41, 5.74) is 1.90. The molecule has 0 bridgehead atoms. The van der Waals surface area contributed by atoms with E-state index < -0.39 is 11.9 Å². The van der Waals surface area contributed by atoms with Gasteiger partial charge in [0.05, 0.1) is 11.8 Å². The van der Waals surface area contributed by atoms with Crippen molar-refractivity contribution in [3.05, 3.63) is 72.5 Å². The van der Waals surface area contributed by atoms with E-state index in [9.17, 15) is 19.8 Å². The largest absolute Gasteiger partial charge is 0.480 e. The molecule has 0 amide bonds. The van der Waals surface area contributed by atoms with Gasteiger partial charge in [0.25, 0.3) is 5.52 Å². The van der Waals surface area contributed by atoms with E-state index in [0.717, 1.165) is 0 Å². The highest BCUT2D eigenvalue weighted by molar-refractivity contribution is 5.78. The third-order valence-electron chi connectivity index (χ3n) is 4.34. The number of oxazole rings is 1. The Morgan fingerprint density at radius 1 is 1.03 bits per heavy atom. The number of carboxylic acid groups (broad SMARTS) is 2. The highest BCUT2D eigenvalue weighted by atomic mass is 16.5. The van der Waals surface area contributed by atoms with Gasteiger partial charge in [0.1, 0.15) is 6.54 Å². The van der Waals surface area contributed by atoms with E-state index in [1.807, 2.05) is 0 Å². The molecule has 8 nitrogen and oxygen atoms in total. The van der Waals surface area contributed by atoms with Crippen LogP contribution in [-0.4, -0.2) is 28.7 Å². The van der Waals surface area contributed by atoms with E-state index >= 15 is 0 Å². The van der Waals surface area contributed by atoms with Crippen LogP contribution in [0.3, 0.4) is 0 Å². The fourth-order valence-electron chi connectivity index (χ4n) is 3.16. The first-order chi connectivity index (χ1) is 14.0. The molecule has 146 valence electrons. The second-order valence-electron chi connectivity index (χ2n) is 6.30. The van der Waals surface area contributed by atoms with Crippen molar-refractivity contribution >= 4 is 34.8 Å². The Balaban J connectivity index is 1.67. The van der Waals surface area contributed by atoms with Gasteiger partial charge in [-0.15, -0.1) is 4.57 Å². The number of fused-ring (bicyclic) bond motifs is 2. The van der Waals surface area contributed by atoms with Crippen molar-refractivity contribution in [2.24, 2.45) is 0 Å². The van der Waals surface area contributed by atoms with Crippen molar-refractivity contribution in [2.75, 3.05) is 11.4 Å². The molecule has 3 aromatic rings. The molecule has 8 heteroatoms. The van der Waals surface area contributed by atoms with E-state index in [1.165, 1.54) is 0 Å². The Bertz CT molecular complexity index is 1160. The second-order valence-corrected chi connectivity index (χ2v) is 6.30. The first kappa shape index (κ1) is 18.3. The van der Waals surface area contributed by atoms with Crippen LogP contribution in [0, 0.1) is 0 Å². The lowest BCUT2D eigenvalue weighted by atomic mass is 10.3. The van der Waals surface area contributed by atoms with E-state index in [1.54, 1.807) is 76.2 Å². The predicted molar refractivity (Wildman–Crippen MR) is 103 cm³/mol. The molecule has 29 heavy (non-hydrogen) atoms. The molecule has 0 spiro atoms. The fraction of sp³-hybridized carbons (Fsp3) is 0.0952. The Hall–Kier alpha value is -4.07. The lowest BCUT2D eigenvalue weighted by Gasteiger charge is -2.14. The van der Waals surface area contributed by atoms with Gasteiger partial charge in [-0.1, -0.05) is 24.3 Å². The van der Waals surface area contributed by atoms with Crippen LogP contribution >= 0.6 is 0 Å². The van der Waals surface area contributed by atoms with E-state index in [4.69, 9.17) is 9.15 Å². The van der Waals surface area contributed by atoms with Crippen LogP contribution in [0.25, 0.3) is 17.2 Å². The normalized spacial score (nSPS) is 14.5. The summed E-state index contributed by atoms with van der Waals surface area (Å²) in [7, 11) is 0. The molecule has 2 N–H and O–H groups in total. The van der Waals surface area contributed by atoms with Crippen LogP contribution < -0.4 is 14.2 Å². The molecule has 0 atom stereocenters. The number of allylic oxidation sites excluding steroid dienone is 2. The van der Waals surface area contributed by atoms with Gasteiger partial charge in [0.2, 0.25) is 18.0 Å². The van der Waals surface area contributed by atoms with Gasteiger partial charge in [0.15, 0.2) is 5.75 Å². The molecule has 1 aromatic heterocycles. The molecule has 0 unspecified atom stereocenters. The monoisotopic (exact) mass is 393 g/mol. The Morgan fingerprint density at radius 2 is 1.79 bits per heavy atom. The van der Waals surface area contributed by atoms with E-state index in [0.29, 0.717) is 34.3 Å². The summed E-state index contributed by atoms with van der Waals surface area (Å²) in [4.78, 5) is 24.0. The number of nitrogens with zero attached hydrogens (tertiary/aromatic N) is 2. The number of benzene rings is 2. The quantitative estimate of drug-likeness (QED) is 0.621. The molecule has 0 aliphatic carbocycles. The summed E-state index contributed by atoms with van der Waals surface area (Å²) < 4.78 is 13.1. The molecule has 2 heterocycles. The Labute approximate surface area is 165 Å². The standard InChI is InChI=1S/C21H16N2O6/c24-20(25)12-22-14-6-1-3-8-16(14)28-18(22)10-5-11-19-23(13-21(26)27)15-7-2-4-9-17(15)29-19/h1-11H,12-13H2,(H-,24,25,26,27)/p+1. The number of aromatic nitrogens is 1. The van der Waals surface area contributed by atoms with Gasteiger partial charge in [-0.3, -0.25) is 9.69 Å². The maximum Gasteiger partial charge on any atom is 0.374 e. The molecule has 0 radical (unpaired) electrons. The zero-order valence-corrected chi connectivity index (χ0v) is 15.2. The molecule has 0 saturated carbocycles. The van der Waals surface area contributed by atoms with E-state index in [2.05, 4.69) is 0 Å². The molecular formula is C21H17N2O6+. The van der Waals surface area contributed by atoms with Gasteiger partial charge >= 0.3 is 17.8 Å². The van der Waals surface area contributed by atoms with Crippen molar-refractivity contribution in [1.82, 2.24) is 0 Å². The summed E-state index contributed by atoms with van der Waals surface area (Å²) in [5.74, 6) is -0.705. The lowest BCUT2D eigenvalue weighted by Crippen LogP contribution is -2.39. The van der Waals surface area contributed by atoms with Crippen molar-refractivity contribution in [2.45, 2.75) is 6.54 Å². The zero-order chi connectivity index (χ0) is 20.4. The highest BCUT2D eigenvalue weighted by Gasteiger charge is 2.27. The van der Waals surface area contributed by atoms with E-state index in [-0.39, 0.29) is 13.1 Å².